The number of amides is 1. The van der Waals surface area contributed by atoms with Crippen LogP contribution in [0.25, 0.3) is 17.0 Å². The van der Waals surface area contributed by atoms with Gasteiger partial charge in [-0.3, -0.25) is 9.78 Å². The number of carbonyl (C=O) groups is 1. The molecule has 2 rings (SSSR count). The van der Waals surface area contributed by atoms with Crippen LogP contribution in [0.15, 0.2) is 42.6 Å². The molecule has 0 fully saturated rings. The molecule has 1 aromatic heterocycles. The Hall–Kier alpha value is -2.16. The summed E-state index contributed by atoms with van der Waals surface area (Å²) in [7, 11) is 0. The normalized spacial score (nSPS) is 11.1. The van der Waals surface area contributed by atoms with Gasteiger partial charge in [-0.05, 0) is 26.0 Å². The molecular formula is C16H18N2O. The van der Waals surface area contributed by atoms with E-state index in [-0.39, 0.29) is 5.91 Å². The van der Waals surface area contributed by atoms with Crippen molar-refractivity contribution in [1.82, 2.24) is 9.88 Å². The largest absolute Gasteiger partial charge is 0.340 e. The van der Waals surface area contributed by atoms with Gasteiger partial charge in [0.15, 0.2) is 0 Å². The average Bonchev–Trinajstić information content (AvgIpc) is 2.46. The van der Waals surface area contributed by atoms with Gasteiger partial charge in [-0.25, -0.2) is 0 Å². The molecule has 0 aliphatic carbocycles. The maximum atomic E-state index is 11.9. The second-order valence-electron chi connectivity index (χ2n) is 4.27. The van der Waals surface area contributed by atoms with E-state index in [2.05, 4.69) is 4.98 Å². The number of aromatic nitrogens is 1. The van der Waals surface area contributed by atoms with Crippen molar-refractivity contribution in [1.29, 1.82) is 0 Å². The van der Waals surface area contributed by atoms with Crippen molar-refractivity contribution >= 4 is 22.9 Å². The summed E-state index contributed by atoms with van der Waals surface area (Å²) in [6.45, 7) is 5.42. The van der Waals surface area contributed by atoms with Gasteiger partial charge >= 0.3 is 0 Å². The monoisotopic (exact) mass is 254 g/mol. The van der Waals surface area contributed by atoms with Gasteiger partial charge in [-0.1, -0.05) is 24.3 Å². The van der Waals surface area contributed by atoms with Crippen LogP contribution in [0.2, 0.25) is 0 Å². The molecule has 0 saturated carbocycles. The van der Waals surface area contributed by atoms with Gasteiger partial charge in [0, 0.05) is 36.3 Å². The van der Waals surface area contributed by atoms with Crippen molar-refractivity contribution in [2.45, 2.75) is 13.8 Å². The number of benzene rings is 1. The molecule has 0 radical (unpaired) electrons. The molecule has 2 aromatic rings. The Labute approximate surface area is 113 Å². The molecule has 3 nitrogen and oxygen atoms in total. The maximum absolute atomic E-state index is 11.9. The van der Waals surface area contributed by atoms with E-state index in [1.807, 2.05) is 50.3 Å². The molecule has 0 aliphatic rings. The lowest BCUT2D eigenvalue weighted by atomic mass is 10.1. The highest BCUT2D eigenvalue weighted by Gasteiger charge is 2.05. The molecule has 1 heterocycles. The fourth-order valence-electron chi connectivity index (χ4n) is 2.06. The Kier molecular flexibility index (Phi) is 4.29. The van der Waals surface area contributed by atoms with Crippen molar-refractivity contribution in [3.05, 3.63) is 48.2 Å². The lowest BCUT2D eigenvalue weighted by molar-refractivity contribution is -0.125. The minimum atomic E-state index is 0.0398. The van der Waals surface area contributed by atoms with Crippen molar-refractivity contribution in [3.63, 3.8) is 0 Å². The summed E-state index contributed by atoms with van der Waals surface area (Å²) in [5, 5.41) is 1.08. The summed E-state index contributed by atoms with van der Waals surface area (Å²) in [6, 6.07) is 9.90. The molecule has 0 atom stereocenters. The van der Waals surface area contributed by atoms with Crippen LogP contribution in [0, 0.1) is 0 Å². The summed E-state index contributed by atoms with van der Waals surface area (Å²) in [5.41, 5.74) is 1.90. The van der Waals surface area contributed by atoms with Crippen LogP contribution >= 0.6 is 0 Å². The highest BCUT2D eigenvalue weighted by Crippen LogP contribution is 2.17. The van der Waals surface area contributed by atoms with E-state index in [4.69, 9.17) is 0 Å². The van der Waals surface area contributed by atoms with Crippen molar-refractivity contribution in [3.8, 4) is 0 Å². The van der Waals surface area contributed by atoms with Crippen LogP contribution in [-0.2, 0) is 4.79 Å². The second-order valence-corrected chi connectivity index (χ2v) is 4.27. The molecule has 0 spiro atoms. The van der Waals surface area contributed by atoms with Crippen LogP contribution in [0.1, 0.15) is 19.4 Å². The van der Waals surface area contributed by atoms with Crippen LogP contribution in [0.3, 0.4) is 0 Å². The Morgan fingerprint density at radius 3 is 2.68 bits per heavy atom. The van der Waals surface area contributed by atoms with Gasteiger partial charge in [0.25, 0.3) is 0 Å². The molecule has 0 saturated heterocycles. The number of para-hydroxylation sites is 1. The SMILES string of the molecule is CCN(CC)C(=O)/C=C/c1cccc2cccnc12. The number of pyridine rings is 1. The molecular weight excluding hydrogens is 236 g/mol. The van der Waals surface area contributed by atoms with E-state index >= 15 is 0 Å². The number of carbonyl (C=O) groups excluding carboxylic acids is 1. The van der Waals surface area contributed by atoms with Crippen LogP contribution < -0.4 is 0 Å². The second kappa shape index (κ2) is 6.14. The zero-order chi connectivity index (χ0) is 13.7. The first-order valence-corrected chi connectivity index (χ1v) is 6.57. The molecule has 3 heteroatoms. The zero-order valence-electron chi connectivity index (χ0n) is 11.3. The van der Waals surface area contributed by atoms with Gasteiger partial charge in [-0.2, -0.15) is 0 Å². The summed E-state index contributed by atoms with van der Waals surface area (Å²) in [5.74, 6) is 0.0398. The number of rotatable bonds is 4. The third-order valence-electron chi connectivity index (χ3n) is 3.14. The van der Waals surface area contributed by atoms with E-state index in [0.717, 1.165) is 29.6 Å². The lowest BCUT2D eigenvalue weighted by Gasteiger charge is -2.15. The summed E-state index contributed by atoms with van der Waals surface area (Å²) < 4.78 is 0. The molecule has 1 aromatic carbocycles. The van der Waals surface area contributed by atoms with Gasteiger partial charge in [0.05, 0.1) is 5.52 Å². The smallest absolute Gasteiger partial charge is 0.246 e. The maximum Gasteiger partial charge on any atom is 0.246 e. The zero-order valence-corrected chi connectivity index (χ0v) is 11.3. The number of nitrogens with zero attached hydrogens (tertiary/aromatic N) is 2. The third kappa shape index (κ3) is 2.99. The molecule has 98 valence electrons. The van der Waals surface area contributed by atoms with Gasteiger partial charge in [-0.15, -0.1) is 0 Å². The van der Waals surface area contributed by atoms with Gasteiger partial charge in [0.2, 0.25) is 5.91 Å². The van der Waals surface area contributed by atoms with E-state index < -0.39 is 0 Å². The summed E-state index contributed by atoms with van der Waals surface area (Å²) in [4.78, 5) is 18.1. The quantitative estimate of drug-likeness (QED) is 0.785. The minimum absolute atomic E-state index is 0.0398. The molecule has 0 N–H and O–H groups in total. The minimum Gasteiger partial charge on any atom is -0.340 e. The third-order valence-corrected chi connectivity index (χ3v) is 3.14. The number of hydrogen-bond donors (Lipinski definition) is 0. The molecule has 0 bridgehead atoms. The Bertz CT molecular complexity index is 595. The lowest BCUT2D eigenvalue weighted by Crippen LogP contribution is -2.28. The summed E-state index contributed by atoms with van der Waals surface area (Å²) >= 11 is 0. The fraction of sp³-hybridized carbons (Fsp3) is 0.250. The predicted molar refractivity (Wildman–Crippen MR) is 78.7 cm³/mol. The van der Waals surface area contributed by atoms with Gasteiger partial charge < -0.3 is 4.90 Å². The van der Waals surface area contributed by atoms with Crippen LogP contribution in [0.5, 0.6) is 0 Å². The van der Waals surface area contributed by atoms with Crippen molar-refractivity contribution in [2.75, 3.05) is 13.1 Å². The first-order valence-electron chi connectivity index (χ1n) is 6.57. The first-order chi connectivity index (χ1) is 9.26. The molecule has 0 unspecified atom stereocenters. The van der Waals surface area contributed by atoms with Crippen molar-refractivity contribution < 1.29 is 4.79 Å². The molecule has 19 heavy (non-hydrogen) atoms. The number of likely N-dealkylation sites (N-methyl/N-ethyl adjacent to an activating group) is 1. The highest BCUT2D eigenvalue weighted by atomic mass is 16.2. The highest BCUT2D eigenvalue weighted by molar-refractivity contribution is 5.95. The van der Waals surface area contributed by atoms with E-state index in [0.29, 0.717) is 0 Å². The Morgan fingerprint density at radius 2 is 1.95 bits per heavy atom. The van der Waals surface area contributed by atoms with E-state index in [1.165, 1.54) is 0 Å². The standard InChI is InChI=1S/C16H18N2O/c1-3-18(4-2)15(19)11-10-14-8-5-7-13-9-6-12-17-16(13)14/h5-12H,3-4H2,1-2H3/b11-10+. The van der Waals surface area contributed by atoms with Gasteiger partial charge in [0.1, 0.15) is 0 Å². The predicted octanol–water partition coefficient (Wildman–Crippen LogP) is 3.12. The number of fused-ring (bicyclic) bond motifs is 1. The van der Waals surface area contributed by atoms with Crippen LogP contribution in [-0.4, -0.2) is 28.9 Å². The fourth-order valence-corrected chi connectivity index (χ4v) is 2.06. The van der Waals surface area contributed by atoms with E-state index in [1.54, 1.807) is 17.2 Å². The summed E-state index contributed by atoms with van der Waals surface area (Å²) in [6.07, 6.45) is 5.23. The molecule has 1 amide bonds. The van der Waals surface area contributed by atoms with Crippen molar-refractivity contribution in [2.24, 2.45) is 0 Å². The Balaban J connectivity index is 2.28. The molecule has 0 aliphatic heterocycles. The average molecular weight is 254 g/mol. The van der Waals surface area contributed by atoms with E-state index in [9.17, 15) is 4.79 Å². The van der Waals surface area contributed by atoms with Crippen LogP contribution in [0.4, 0.5) is 0 Å². The first kappa shape index (κ1) is 13.3. The topological polar surface area (TPSA) is 33.2 Å². The number of hydrogen-bond acceptors (Lipinski definition) is 2. The Morgan fingerprint density at radius 1 is 1.21 bits per heavy atom.